The minimum Gasteiger partial charge on any atom is -0.333 e. The van der Waals surface area contributed by atoms with Crippen LogP contribution >= 0.6 is 0 Å². The molecule has 1 atom stereocenters. The first-order chi connectivity index (χ1) is 10.3. The number of hydrogen-bond donors (Lipinski definition) is 1. The fraction of sp³-hybridized carbons (Fsp3) is 0.500. The van der Waals surface area contributed by atoms with Crippen LogP contribution in [0.4, 0.5) is 0 Å². The molecule has 21 heavy (non-hydrogen) atoms. The van der Waals surface area contributed by atoms with Crippen LogP contribution in [0.5, 0.6) is 0 Å². The predicted molar refractivity (Wildman–Crippen MR) is 87.2 cm³/mol. The van der Waals surface area contributed by atoms with Gasteiger partial charge < -0.3 is 10.2 Å². The molecule has 1 aliphatic rings. The fourth-order valence-electron chi connectivity index (χ4n) is 2.82. The highest BCUT2D eigenvalue weighted by Gasteiger charge is 2.27. The molecule has 1 N–H and O–H groups in total. The van der Waals surface area contributed by atoms with E-state index in [0.717, 1.165) is 38.9 Å². The molecule has 114 valence electrons. The van der Waals surface area contributed by atoms with Crippen molar-refractivity contribution in [3.63, 3.8) is 0 Å². The average molecular weight is 286 g/mol. The molecule has 0 aliphatic carbocycles. The van der Waals surface area contributed by atoms with Gasteiger partial charge in [-0.25, -0.2) is 0 Å². The second kappa shape index (κ2) is 7.99. The van der Waals surface area contributed by atoms with Gasteiger partial charge in [0, 0.05) is 26.1 Å². The number of rotatable bonds is 6. The van der Waals surface area contributed by atoms with Crippen LogP contribution in [0.3, 0.4) is 0 Å². The minimum absolute atomic E-state index is 0.167. The third kappa shape index (κ3) is 4.18. The van der Waals surface area contributed by atoms with E-state index in [1.165, 1.54) is 11.1 Å². The number of carbonyl (C=O) groups excluding carboxylic acids is 1. The number of nitrogens with one attached hydrogen (secondary N) is 1. The van der Waals surface area contributed by atoms with Crippen molar-refractivity contribution in [2.75, 3.05) is 19.6 Å². The van der Waals surface area contributed by atoms with Crippen LogP contribution < -0.4 is 5.32 Å². The number of piperazine rings is 1. The van der Waals surface area contributed by atoms with Crippen LogP contribution in [0.25, 0.3) is 0 Å². The Hall–Kier alpha value is -1.61. The second-order valence-corrected chi connectivity index (χ2v) is 5.58. The number of amides is 1. The summed E-state index contributed by atoms with van der Waals surface area (Å²) in [5.74, 6) is 0.267. The van der Waals surface area contributed by atoms with E-state index in [0.29, 0.717) is 6.42 Å². The number of benzene rings is 1. The van der Waals surface area contributed by atoms with Gasteiger partial charge in [-0.1, -0.05) is 37.3 Å². The molecule has 1 fully saturated rings. The lowest BCUT2D eigenvalue weighted by Gasteiger charge is -2.36. The topological polar surface area (TPSA) is 32.3 Å². The summed E-state index contributed by atoms with van der Waals surface area (Å²) < 4.78 is 0. The van der Waals surface area contributed by atoms with Crippen LogP contribution in [0, 0.1) is 0 Å². The number of aryl methyl sites for hydroxylation is 1. The maximum Gasteiger partial charge on any atom is 0.223 e. The van der Waals surface area contributed by atoms with Gasteiger partial charge in [0.05, 0.1) is 6.04 Å². The molecule has 1 amide bonds. The highest BCUT2D eigenvalue weighted by atomic mass is 16.2. The van der Waals surface area contributed by atoms with Gasteiger partial charge in [0.25, 0.3) is 0 Å². The van der Waals surface area contributed by atoms with Gasteiger partial charge in [0.2, 0.25) is 5.91 Å². The molecular weight excluding hydrogens is 260 g/mol. The van der Waals surface area contributed by atoms with Crippen molar-refractivity contribution < 1.29 is 4.79 Å². The number of unbranched alkanes of at least 4 members (excludes halogenated alkanes) is 1. The average Bonchev–Trinajstić information content (AvgIpc) is 2.55. The smallest absolute Gasteiger partial charge is 0.223 e. The van der Waals surface area contributed by atoms with E-state index in [2.05, 4.69) is 43.1 Å². The summed E-state index contributed by atoms with van der Waals surface area (Å²) in [5, 5.41) is 3.40. The first-order valence-electron chi connectivity index (χ1n) is 7.96. The van der Waals surface area contributed by atoms with E-state index in [4.69, 9.17) is 0 Å². The first kappa shape index (κ1) is 15.8. The monoisotopic (exact) mass is 286 g/mol. The molecule has 3 nitrogen and oxygen atoms in total. The summed E-state index contributed by atoms with van der Waals surface area (Å²) in [6.45, 7) is 8.40. The van der Waals surface area contributed by atoms with E-state index in [-0.39, 0.29) is 11.9 Å². The molecule has 1 aromatic carbocycles. The van der Waals surface area contributed by atoms with E-state index < -0.39 is 0 Å². The minimum atomic E-state index is 0.167. The quantitative estimate of drug-likeness (QED) is 0.644. The van der Waals surface area contributed by atoms with E-state index in [1.807, 2.05) is 11.0 Å². The highest BCUT2D eigenvalue weighted by molar-refractivity contribution is 5.77. The third-order valence-corrected chi connectivity index (χ3v) is 4.14. The zero-order valence-electron chi connectivity index (χ0n) is 13.0. The molecule has 0 aromatic heterocycles. The van der Waals surface area contributed by atoms with Gasteiger partial charge in [-0.15, -0.1) is 6.58 Å². The number of allylic oxidation sites excluding steroid dienone is 1. The largest absolute Gasteiger partial charge is 0.333 e. The molecule has 1 aliphatic heterocycles. The lowest BCUT2D eigenvalue weighted by atomic mass is 10.0. The Kier molecular flexibility index (Phi) is 6.00. The van der Waals surface area contributed by atoms with Crippen molar-refractivity contribution in [1.82, 2.24) is 10.2 Å². The first-order valence-corrected chi connectivity index (χ1v) is 7.96. The molecule has 1 heterocycles. The van der Waals surface area contributed by atoms with Gasteiger partial charge in [-0.3, -0.25) is 4.79 Å². The van der Waals surface area contributed by atoms with Gasteiger partial charge >= 0.3 is 0 Å². The molecule has 0 radical (unpaired) electrons. The van der Waals surface area contributed by atoms with E-state index in [1.54, 1.807) is 0 Å². The summed E-state index contributed by atoms with van der Waals surface area (Å²) in [7, 11) is 0. The Bertz CT molecular complexity index is 467. The highest BCUT2D eigenvalue weighted by Crippen LogP contribution is 2.24. The summed E-state index contributed by atoms with van der Waals surface area (Å²) >= 11 is 0. The number of hydrogen-bond acceptors (Lipinski definition) is 2. The third-order valence-electron chi connectivity index (χ3n) is 4.14. The molecule has 1 unspecified atom stereocenters. The van der Waals surface area contributed by atoms with Crippen molar-refractivity contribution in [2.45, 2.75) is 38.6 Å². The molecule has 1 aromatic rings. The van der Waals surface area contributed by atoms with Crippen LogP contribution in [-0.2, 0) is 11.2 Å². The number of nitrogens with zero attached hydrogens (tertiary/aromatic N) is 1. The Balaban J connectivity index is 2.06. The molecule has 0 saturated carbocycles. The Morgan fingerprint density at radius 3 is 2.86 bits per heavy atom. The van der Waals surface area contributed by atoms with Crippen molar-refractivity contribution >= 4 is 5.91 Å². The van der Waals surface area contributed by atoms with Gasteiger partial charge in [-0.2, -0.15) is 0 Å². The van der Waals surface area contributed by atoms with Crippen molar-refractivity contribution in [3.05, 3.63) is 48.0 Å². The maximum atomic E-state index is 12.4. The fourth-order valence-corrected chi connectivity index (χ4v) is 2.82. The Morgan fingerprint density at radius 2 is 2.19 bits per heavy atom. The van der Waals surface area contributed by atoms with E-state index >= 15 is 0 Å². The van der Waals surface area contributed by atoms with Gasteiger partial charge in [-0.05, 0) is 30.4 Å². The predicted octanol–water partition coefficient (Wildman–Crippen LogP) is 3.08. The van der Waals surface area contributed by atoms with Gasteiger partial charge in [0.15, 0.2) is 0 Å². The lowest BCUT2D eigenvalue weighted by molar-refractivity contribution is -0.134. The van der Waals surface area contributed by atoms with Crippen LogP contribution in [0.2, 0.25) is 0 Å². The molecule has 3 heteroatoms. The summed E-state index contributed by atoms with van der Waals surface area (Å²) in [5.41, 5.74) is 2.57. The zero-order valence-corrected chi connectivity index (χ0v) is 13.0. The Labute approximate surface area is 128 Å². The van der Waals surface area contributed by atoms with Crippen LogP contribution in [-0.4, -0.2) is 30.4 Å². The van der Waals surface area contributed by atoms with Crippen molar-refractivity contribution in [2.24, 2.45) is 0 Å². The molecule has 1 saturated heterocycles. The number of carbonyl (C=O) groups is 1. The standard InChI is InChI=1S/C18H26N2O/c1-3-5-6-7-18(21)20-13-12-19-14-17(20)16-10-8-15(4-2)9-11-16/h3,8-11,17,19H,1,4-7,12-14H2,2H3. The summed E-state index contributed by atoms with van der Waals surface area (Å²) in [4.78, 5) is 14.5. The van der Waals surface area contributed by atoms with Crippen molar-refractivity contribution in [1.29, 1.82) is 0 Å². The molecule has 0 bridgehead atoms. The second-order valence-electron chi connectivity index (χ2n) is 5.58. The van der Waals surface area contributed by atoms with Crippen molar-refractivity contribution in [3.8, 4) is 0 Å². The van der Waals surface area contributed by atoms with Gasteiger partial charge in [0.1, 0.15) is 0 Å². The summed E-state index contributed by atoms with van der Waals surface area (Å²) in [6, 6.07) is 8.84. The Morgan fingerprint density at radius 1 is 1.43 bits per heavy atom. The maximum absolute atomic E-state index is 12.4. The van der Waals surface area contributed by atoms with E-state index in [9.17, 15) is 4.79 Å². The normalized spacial score (nSPS) is 18.5. The SMILES string of the molecule is C=CCCCC(=O)N1CCNCC1c1ccc(CC)cc1. The molecule has 2 rings (SSSR count). The lowest BCUT2D eigenvalue weighted by Crippen LogP contribution is -2.48. The zero-order chi connectivity index (χ0) is 15.1. The molecular formula is C18H26N2O. The van der Waals surface area contributed by atoms with Crippen LogP contribution in [0.1, 0.15) is 43.4 Å². The van der Waals surface area contributed by atoms with Crippen LogP contribution in [0.15, 0.2) is 36.9 Å². The molecule has 0 spiro atoms. The summed E-state index contributed by atoms with van der Waals surface area (Å²) in [6.07, 6.45) is 5.36.